The van der Waals surface area contributed by atoms with Crippen molar-refractivity contribution in [1.82, 2.24) is 4.90 Å². The summed E-state index contributed by atoms with van der Waals surface area (Å²) in [4.78, 5) is 13.2. The van der Waals surface area contributed by atoms with Crippen LogP contribution in [0.3, 0.4) is 0 Å². The van der Waals surface area contributed by atoms with Gasteiger partial charge >= 0.3 is 0 Å². The smallest absolute Gasteiger partial charge is 0.239 e. The second kappa shape index (κ2) is 5.94. The standard InChI is InChI=1S/C9H20N2O2/c1-4-11(5-6-12)9(13)8(10)7(2)3/h7-8,12H,4-6,10H2,1-3H3. The van der Waals surface area contributed by atoms with E-state index in [1.807, 2.05) is 20.8 Å². The molecule has 0 aliphatic carbocycles. The summed E-state index contributed by atoms with van der Waals surface area (Å²) in [7, 11) is 0. The summed E-state index contributed by atoms with van der Waals surface area (Å²) in [5.41, 5.74) is 5.69. The lowest BCUT2D eigenvalue weighted by Gasteiger charge is -2.25. The molecular weight excluding hydrogens is 168 g/mol. The first kappa shape index (κ1) is 12.4. The number of nitrogens with two attached hydrogens (primary N) is 1. The van der Waals surface area contributed by atoms with Crippen LogP contribution in [0.5, 0.6) is 0 Å². The Morgan fingerprint density at radius 2 is 2.08 bits per heavy atom. The van der Waals surface area contributed by atoms with Crippen molar-refractivity contribution in [3.8, 4) is 0 Å². The number of amides is 1. The summed E-state index contributed by atoms with van der Waals surface area (Å²) >= 11 is 0. The van der Waals surface area contributed by atoms with E-state index in [2.05, 4.69) is 0 Å². The van der Waals surface area contributed by atoms with Crippen LogP contribution in [0.25, 0.3) is 0 Å². The first-order chi connectivity index (χ1) is 6.04. The molecular formula is C9H20N2O2. The third kappa shape index (κ3) is 3.74. The summed E-state index contributed by atoms with van der Waals surface area (Å²) < 4.78 is 0. The number of carbonyl (C=O) groups excluding carboxylic acids is 1. The minimum atomic E-state index is -0.452. The van der Waals surface area contributed by atoms with E-state index in [1.54, 1.807) is 4.90 Å². The summed E-state index contributed by atoms with van der Waals surface area (Å²) in [5, 5.41) is 8.70. The van der Waals surface area contributed by atoms with Gasteiger partial charge in [-0.25, -0.2) is 0 Å². The summed E-state index contributed by atoms with van der Waals surface area (Å²) in [5.74, 6) is 0.0618. The maximum Gasteiger partial charge on any atom is 0.239 e. The number of aliphatic hydroxyl groups excluding tert-OH is 1. The lowest BCUT2D eigenvalue weighted by Crippen LogP contribution is -2.47. The normalized spacial score (nSPS) is 13.1. The van der Waals surface area contributed by atoms with Crippen molar-refractivity contribution in [2.45, 2.75) is 26.8 Å². The van der Waals surface area contributed by atoms with Crippen molar-refractivity contribution in [2.24, 2.45) is 11.7 Å². The van der Waals surface area contributed by atoms with E-state index in [0.717, 1.165) is 0 Å². The molecule has 0 bridgehead atoms. The van der Waals surface area contributed by atoms with Crippen LogP contribution in [0.4, 0.5) is 0 Å². The van der Waals surface area contributed by atoms with Gasteiger partial charge in [0.05, 0.1) is 12.6 Å². The van der Waals surface area contributed by atoms with E-state index in [9.17, 15) is 4.79 Å². The molecule has 78 valence electrons. The largest absolute Gasteiger partial charge is 0.395 e. The van der Waals surface area contributed by atoms with Crippen molar-refractivity contribution >= 4 is 5.91 Å². The molecule has 0 aromatic rings. The molecule has 0 aromatic carbocycles. The van der Waals surface area contributed by atoms with Gasteiger partial charge in [0.2, 0.25) is 5.91 Å². The van der Waals surface area contributed by atoms with Gasteiger partial charge in [0.1, 0.15) is 0 Å². The van der Waals surface area contributed by atoms with Gasteiger partial charge in [-0.05, 0) is 12.8 Å². The highest BCUT2D eigenvalue weighted by atomic mass is 16.3. The zero-order chi connectivity index (χ0) is 10.4. The molecule has 1 amide bonds. The Morgan fingerprint density at radius 3 is 2.38 bits per heavy atom. The molecule has 0 saturated carbocycles. The van der Waals surface area contributed by atoms with Crippen molar-refractivity contribution in [3.05, 3.63) is 0 Å². The minimum Gasteiger partial charge on any atom is -0.395 e. The number of aliphatic hydroxyl groups is 1. The van der Waals surface area contributed by atoms with Gasteiger partial charge < -0.3 is 15.7 Å². The number of hydrogen-bond donors (Lipinski definition) is 2. The SMILES string of the molecule is CCN(CCO)C(=O)C(N)C(C)C. The number of likely N-dealkylation sites (N-methyl/N-ethyl adjacent to an activating group) is 1. The zero-order valence-electron chi connectivity index (χ0n) is 8.66. The van der Waals surface area contributed by atoms with Gasteiger partial charge in [-0.2, -0.15) is 0 Å². The molecule has 13 heavy (non-hydrogen) atoms. The van der Waals surface area contributed by atoms with Gasteiger partial charge in [-0.3, -0.25) is 4.79 Å². The fourth-order valence-electron chi connectivity index (χ4n) is 1.04. The molecule has 1 atom stereocenters. The van der Waals surface area contributed by atoms with Crippen LogP contribution in [0.2, 0.25) is 0 Å². The highest BCUT2D eigenvalue weighted by molar-refractivity contribution is 5.81. The fourth-order valence-corrected chi connectivity index (χ4v) is 1.04. The Bertz CT molecular complexity index is 160. The first-order valence-electron chi connectivity index (χ1n) is 4.69. The van der Waals surface area contributed by atoms with Crippen LogP contribution in [0, 0.1) is 5.92 Å². The first-order valence-corrected chi connectivity index (χ1v) is 4.69. The van der Waals surface area contributed by atoms with Gasteiger partial charge in [0.25, 0.3) is 0 Å². The molecule has 0 aromatic heterocycles. The third-order valence-corrected chi connectivity index (χ3v) is 2.07. The van der Waals surface area contributed by atoms with E-state index >= 15 is 0 Å². The molecule has 1 unspecified atom stereocenters. The number of carbonyl (C=O) groups is 1. The average molecular weight is 188 g/mol. The Hall–Kier alpha value is -0.610. The number of nitrogens with zero attached hydrogens (tertiary/aromatic N) is 1. The molecule has 0 fully saturated rings. The van der Waals surface area contributed by atoms with Crippen LogP contribution >= 0.6 is 0 Å². The lowest BCUT2D eigenvalue weighted by atomic mass is 10.0. The van der Waals surface area contributed by atoms with E-state index in [-0.39, 0.29) is 18.4 Å². The number of hydrogen-bond acceptors (Lipinski definition) is 3. The lowest BCUT2D eigenvalue weighted by molar-refractivity contribution is -0.133. The fraction of sp³-hybridized carbons (Fsp3) is 0.889. The van der Waals surface area contributed by atoms with E-state index in [1.165, 1.54) is 0 Å². The second-order valence-electron chi connectivity index (χ2n) is 3.41. The third-order valence-electron chi connectivity index (χ3n) is 2.07. The predicted molar refractivity (Wildman–Crippen MR) is 52.2 cm³/mol. The molecule has 4 nitrogen and oxygen atoms in total. The van der Waals surface area contributed by atoms with Crippen molar-refractivity contribution in [3.63, 3.8) is 0 Å². The maximum atomic E-state index is 11.6. The van der Waals surface area contributed by atoms with Crippen molar-refractivity contribution in [2.75, 3.05) is 19.7 Å². The van der Waals surface area contributed by atoms with Gasteiger partial charge in [-0.15, -0.1) is 0 Å². The summed E-state index contributed by atoms with van der Waals surface area (Å²) in [6.07, 6.45) is 0. The summed E-state index contributed by atoms with van der Waals surface area (Å²) in [6, 6.07) is -0.452. The van der Waals surface area contributed by atoms with Crippen LogP contribution < -0.4 is 5.73 Å². The van der Waals surface area contributed by atoms with E-state index in [4.69, 9.17) is 10.8 Å². The molecule has 0 radical (unpaired) electrons. The maximum absolute atomic E-state index is 11.6. The molecule has 0 rings (SSSR count). The molecule has 0 aliphatic heterocycles. The Labute approximate surface area is 79.7 Å². The second-order valence-corrected chi connectivity index (χ2v) is 3.41. The molecule has 0 aliphatic rings. The van der Waals surface area contributed by atoms with E-state index in [0.29, 0.717) is 13.1 Å². The van der Waals surface area contributed by atoms with Crippen LogP contribution in [0.15, 0.2) is 0 Å². The predicted octanol–water partition coefficient (Wildman–Crippen LogP) is -0.189. The molecule has 0 saturated heterocycles. The van der Waals surface area contributed by atoms with Gasteiger partial charge in [-0.1, -0.05) is 13.8 Å². The number of rotatable bonds is 5. The van der Waals surface area contributed by atoms with Gasteiger partial charge in [0.15, 0.2) is 0 Å². The van der Waals surface area contributed by atoms with Crippen LogP contribution in [-0.4, -0.2) is 41.7 Å². The minimum absolute atomic E-state index is 0.00953. The Morgan fingerprint density at radius 1 is 1.54 bits per heavy atom. The zero-order valence-corrected chi connectivity index (χ0v) is 8.66. The highest BCUT2D eigenvalue weighted by Gasteiger charge is 2.21. The molecule has 4 heteroatoms. The summed E-state index contributed by atoms with van der Waals surface area (Å²) in [6.45, 7) is 6.66. The highest BCUT2D eigenvalue weighted by Crippen LogP contribution is 2.02. The Balaban J connectivity index is 4.19. The van der Waals surface area contributed by atoms with Crippen molar-refractivity contribution in [1.29, 1.82) is 0 Å². The Kier molecular flexibility index (Phi) is 5.66. The average Bonchev–Trinajstić information content (AvgIpc) is 2.11. The van der Waals surface area contributed by atoms with Crippen molar-refractivity contribution < 1.29 is 9.90 Å². The molecule has 0 heterocycles. The quantitative estimate of drug-likeness (QED) is 0.628. The molecule has 3 N–H and O–H groups in total. The molecule has 0 spiro atoms. The van der Waals surface area contributed by atoms with Crippen LogP contribution in [0.1, 0.15) is 20.8 Å². The topological polar surface area (TPSA) is 66.6 Å². The monoisotopic (exact) mass is 188 g/mol. The van der Waals surface area contributed by atoms with E-state index < -0.39 is 6.04 Å². The van der Waals surface area contributed by atoms with Crippen LogP contribution in [-0.2, 0) is 4.79 Å². The van der Waals surface area contributed by atoms with Gasteiger partial charge in [0, 0.05) is 13.1 Å².